The largest absolute Gasteiger partial charge is 0.394 e. The van der Waals surface area contributed by atoms with Gasteiger partial charge in [-0.3, -0.25) is 14.4 Å². The number of carbonyl (C=O) groups is 3. The zero-order valence-electron chi connectivity index (χ0n) is 23.0. The van der Waals surface area contributed by atoms with Crippen LogP contribution in [0.3, 0.4) is 0 Å². The monoisotopic (exact) mass is 541 g/mol. The minimum Gasteiger partial charge on any atom is -0.394 e. The number of hydrogen-bond donors (Lipinski definition) is 3. The molecule has 3 aromatic rings. The van der Waals surface area contributed by atoms with E-state index in [2.05, 4.69) is 10.6 Å². The van der Waals surface area contributed by atoms with Crippen LogP contribution in [0.25, 0.3) is 10.8 Å². The van der Waals surface area contributed by atoms with E-state index in [-0.39, 0.29) is 30.2 Å². The van der Waals surface area contributed by atoms with Crippen LogP contribution >= 0.6 is 0 Å². The molecule has 3 N–H and O–H groups in total. The summed E-state index contributed by atoms with van der Waals surface area (Å²) in [7, 11) is 0. The number of anilines is 2. The van der Waals surface area contributed by atoms with E-state index in [1.165, 1.54) is 4.90 Å². The Balaban J connectivity index is 1.40. The Morgan fingerprint density at radius 3 is 2.38 bits per heavy atom. The van der Waals surface area contributed by atoms with Crippen LogP contribution in [0.5, 0.6) is 0 Å². The Bertz CT molecular complexity index is 1470. The zero-order chi connectivity index (χ0) is 28.2. The van der Waals surface area contributed by atoms with E-state index < -0.39 is 35.1 Å². The first-order valence-corrected chi connectivity index (χ1v) is 14.0. The molecule has 3 heterocycles. The fourth-order valence-corrected chi connectivity index (χ4v) is 7.40. The predicted molar refractivity (Wildman–Crippen MR) is 152 cm³/mol. The Kier molecular flexibility index (Phi) is 6.43. The standard InChI is InChI=1S/C32H35N3O5/c1-4-24(18-36)35-27(29(38)34-23-15-14-20-10-8-9-11-21(20)16-23)32-17-19(2)31(3,40-32)25(26(32)30(35)39)28(37)33-22-12-6-5-7-13-22/h5-16,19,24-27,36H,4,17-18H2,1-3H3,(H,33,37)(H,34,38)/t19?,24-,25+,26-,27?,31-,32?/m0/s1. The number of nitrogens with zero attached hydrogens (tertiary/aromatic N) is 1. The van der Waals surface area contributed by atoms with E-state index in [9.17, 15) is 19.5 Å². The van der Waals surface area contributed by atoms with E-state index >= 15 is 0 Å². The molecule has 3 fully saturated rings. The van der Waals surface area contributed by atoms with Crippen molar-refractivity contribution in [2.45, 2.75) is 56.9 Å². The lowest BCUT2D eigenvalue weighted by molar-refractivity contribution is -0.148. The summed E-state index contributed by atoms with van der Waals surface area (Å²) >= 11 is 0. The Morgan fingerprint density at radius 2 is 1.68 bits per heavy atom. The molecule has 0 aliphatic carbocycles. The summed E-state index contributed by atoms with van der Waals surface area (Å²) in [4.78, 5) is 43.8. The normalized spacial score (nSPS) is 31.3. The summed E-state index contributed by atoms with van der Waals surface area (Å²) < 4.78 is 6.77. The average Bonchev–Trinajstić information content (AvgIpc) is 3.46. The molecule has 3 aromatic carbocycles. The van der Waals surface area contributed by atoms with Gasteiger partial charge in [-0.05, 0) is 60.7 Å². The number of para-hydroxylation sites is 1. The number of aliphatic hydroxyl groups excluding tert-OH is 1. The average molecular weight is 542 g/mol. The van der Waals surface area contributed by atoms with Gasteiger partial charge in [-0.2, -0.15) is 0 Å². The second-order valence-corrected chi connectivity index (χ2v) is 11.6. The van der Waals surface area contributed by atoms with Crippen LogP contribution in [0.15, 0.2) is 72.8 Å². The number of nitrogens with one attached hydrogen (secondary N) is 2. The van der Waals surface area contributed by atoms with Gasteiger partial charge in [-0.25, -0.2) is 0 Å². The van der Waals surface area contributed by atoms with Crippen molar-refractivity contribution in [3.8, 4) is 0 Å². The van der Waals surface area contributed by atoms with Gasteiger partial charge in [-0.15, -0.1) is 0 Å². The minimum atomic E-state index is -1.19. The van der Waals surface area contributed by atoms with E-state index in [0.29, 0.717) is 24.2 Å². The summed E-state index contributed by atoms with van der Waals surface area (Å²) in [6.45, 7) is 5.49. The van der Waals surface area contributed by atoms with Crippen molar-refractivity contribution in [3.05, 3.63) is 72.8 Å². The Labute approximate surface area is 233 Å². The number of benzene rings is 3. The highest BCUT2D eigenvalue weighted by Gasteiger charge is 2.80. The lowest BCUT2D eigenvalue weighted by atomic mass is 9.62. The molecule has 6 rings (SSSR count). The lowest BCUT2D eigenvalue weighted by Gasteiger charge is -2.36. The minimum absolute atomic E-state index is 0.0757. The van der Waals surface area contributed by atoms with Crippen LogP contribution in [0.4, 0.5) is 11.4 Å². The van der Waals surface area contributed by atoms with Crippen molar-refractivity contribution in [1.29, 1.82) is 0 Å². The fraction of sp³-hybridized carbons (Fsp3) is 0.406. The predicted octanol–water partition coefficient (Wildman–Crippen LogP) is 4.20. The second-order valence-electron chi connectivity index (χ2n) is 11.6. The fourth-order valence-electron chi connectivity index (χ4n) is 7.40. The van der Waals surface area contributed by atoms with Gasteiger partial charge in [0.25, 0.3) is 0 Å². The molecule has 3 unspecified atom stereocenters. The Morgan fingerprint density at radius 1 is 1.00 bits per heavy atom. The quantitative estimate of drug-likeness (QED) is 0.416. The lowest BCUT2D eigenvalue weighted by Crippen LogP contribution is -2.56. The van der Waals surface area contributed by atoms with Crippen LogP contribution < -0.4 is 10.6 Å². The van der Waals surface area contributed by atoms with Crippen molar-refractivity contribution in [1.82, 2.24) is 4.90 Å². The van der Waals surface area contributed by atoms with Gasteiger partial charge in [0.1, 0.15) is 11.6 Å². The van der Waals surface area contributed by atoms with E-state index in [1.807, 2.05) is 81.4 Å². The molecule has 2 bridgehead atoms. The SMILES string of the molecule is CC[C@@H](CO)N1C(=O)[C@@H]2[C@H](C(=O)Nc3ccccc3)[C@@]3(C)OC2(CC3C)C1C(=O)Nc1ccc2ccccc2c1. The number of aliphatic hydroxyl groups is 1. The number of fused-ring (bicyclic) bond motifs is 2. The second kappa shape index (κ2) is 9.71. The van der Waals surface area contributed by atoms with Crippen molar-refractivity contribution in [2.24, 2.45) is 17.8 Å². The van der Waals surface area contributed by atoms with Gasteiger partial charge in [0.2, 0.25) is 17.7 Å². The first kappa shape index (κ1) is 26.5. The zero-order valence-corrected chi connectivity index (χ0v) is 23.0. The van der Waals surface area contributed by atoms with Crippen molar-refractivity contribution < 1.29 is 24.2 Å². The molecule has 7 atom stereocenters. The molecule has 40 heavy (non-hydrogen) atoms. The number of rotatable bonds is 7. The van der Waals surface area contributed by atoms with Gasteiger partial charge < -0.3 is 25.4 Å². The first-order valence-electron chi connectivity index (χ1n) is 14.0. The Hall–Kier alpha value is -3.75. The van der Waals surface area contributed by atoms with Gasteiger partial charge in [0, 0.05) is 11.4 Å². The van der Waals surface area contributed by atoms with Crippen LogP contribution in [-0.2, 0) is 19.1 Å². The summed E-state index contributed by atoms with van der Waals surface area (Å²) in [5, 5.41) is 18.3. The third-order valence-corrected chi connectivity index (χ3v) is 9.42. The summed E-state index contributed by atoms with van der Waals surface area (Å²) in [6.07, 6.45) is 0.918. The van der Waals surface area contributed by atoms with Crippen molar-refractivity contribution in [2.75, 3.05) is 17.2 Å². The summed E-state index contributed by atoms with van der Waals surface area (Å²) in [5.41, 5.74) is -0.866. The summed E-state index contributed by atoms with van der Waals surface area (Å²) in [6, 6.07) is 21.1. The van der Waals surface area contributed by atoms with Gasteiger partial charge in [-0.1, -0.05) is 62.4 Å². The molecule has 208 valence electrons. The summed E-state index contributed by atoms with van der Waals surface area (Å²) in [5.74, 6) is -2.70. The number of carbonyl (C=O) groups excluding carboxylic acids is 3. The molecular weight excluding hydrogens is 506 g/mol. The highest BCUT2D eigenvalue weighted by Crippen LogP contribution is 2.65. The highest BCUT2D eigenvalue weighted by atomic mass is 16.5. The van der Waals surface area contributed by atoms with E-state index in [0.717, 1.165) is 10.8 Å². The smallest absolute Gasteiger partial charge is 0.250 e. The molecule has 0 saturated carbocycles. The van der Waals surface area contributed by atoms with Crippen LogP contribution in [0, 0.1) is 17.8 Å². The first-order chi connectivity index (χ1) is 19.2. The van der Waals surface area contributed by atoms with E-state index in [1.54, 1.807) is 12.1 Å². The molecule has 1 spiro atoms. The number of amides is 3. The highest BCUT2D eigenvalue weighted by molar-refractivity contribution is 6.06. The molecule has 8 nitrogen and oxygen atoms in total. The van der Waals surface area contributed by atoms with Crippen molar-refractivity contribution in [3.63, 3.8) is 0 Å². The molecule has 3 aliphatic rings. The topological polar surface area (TPSA) is 108 Å². The molecule has 8 heteroatoms. The van der Waals surface area contributed by atoms with E-state index in [4.69, 9.17) is 4.74 Å². The maximum absolute atomic E-state index is 14.3. The maximum atomic E-state index is 14.3. The maximum Gasteiger partial charge on any atom is 0.250 e. The molecular formula is C32H35N3O5. The van der Waals surface area contributed by atoms with Gasteiger partial charge >= 0.3 is 0 Å². The van der Waals surface area contributed by atoms with Crippen LogP contribution in [-0.4, -0.2) is 57.6 Å². The third kappa shape index (κ3) is 3.84. The molecule has 0 radical (unpaired) electrons. The van der Waals surface area contributed by atoms with Crippen LogP contribution in [0.2, 0.25) is 0 Å². The number of hydrogen-bond acceptors (Lipinski definition) is 5. The number of likely N-dealkylation sites (tertiary alicyclic amines) is 1. The molecule has 3 saturated heterocycles. The molecule has 0 aromatic heterocycles. The van der Waals surface area contributed by atoms with Crippen molar-refractivity contribution >= 4 is 39.9 Å². The molecule has 3 aliphatic heterocycles. The molecule has 3 amide bonds. The van der Waals surface area contributed by atoms with Gasteiger partial charge in [0.15, 0.2) is 0 Å². The van der Waals surface area contributed by atoms with Gasteiger partial charge in [0.05, 0.1) is 30.1 Å². The van der Waals surface area contributed by atoms with Crippen LogP contribution in [0.1, 0.15) is 33.6 Å². The third-order valence-electron chi connectivity index (χ3n) is 9.42. The number of ether oxygens (including phenoxy) is 1.